The molecule has 1 heterocycles. The summed E-state index contributed by atoms with van der Waals surface area (Å²) in [6.45, 7) is 2.08. The minimum absolute atomic E-state index is 0.0457. The number of nitrogens with zero attached hydrogens (tertiary/aromatic N) is 1. The predicted octanol–water partition coefficient (Wildman–Crippen LogP) is 6.65. The van der Waals surface area contributed by atoms with Gasteiger partial charge in [-0.1, -0.05) is 31.2 Å². The van der Waals surface area contributed by atoms with E-state index in [1.54, 1.807) is 30.3 Å². The summed E-state index contributed by atoms with van der Waals surface area (Å²) in [4.78, 5) is 11.2. The van der Waals surface area contributed by atoms with E-state index in [9.17, 15) is 15.2 Å². The highest BCUT2D eigenvalue weighted by atomic mass is 32.2. The van der Waals surface area contributed by atoms with Crippen molar-refractivity contribution in [3.63, 3.8) is 0 Å². The van der Waals surface area contributed by atoms with Crippen LogP contribution in [0, 0.1) is 10.1 Å². The molecular formula is C24H20N2O4S. The van der Waals surface area contributed by atoms with Gasteiger partial charge in [0.15, 0.2) is 0 Å². The number of nitro groups is 1. The third-order valence-corrected chi connectivity index (χ3v) is 5.55. The van der Waals surface area contributed by atoms with Crippen molar-refractivity contribution in [3.8, 4) is 11.5 Å². The molecule has 1 aliphatic rings. The molecule has 0 atom stereocenters. The third kappa shape index (κ3) is 4.57. The van der Waals surface area contributed by atoms with Gasteiger partial charge in [0.1, 0.15) is 17.3 Å². The molecule has 0 radical (unpaired) electrons. The van der Waals surface area contributed by atoms with Crippen LogP contribution < -0.4 is 9.46 Å². The maximum atomic E-state index is 10.8. The van der Waals surface area contributed by atoms with E-state index >= 15 is 0 Å². The normalized spacial score (nSPS) is 13.8. The summed E-state index contributed by atoms with van der Waals surface area (Å²) in [5, 5.41) is 20.9. The number of aromatic hydroxyl groups is 1. The van der Waals surface area contributed by atoms with Crippen molar-refractivity contribution in [2.75, 3.05) is 4.72 Å². The number of hydrogen-bond acceptors (Lipinski definition) is 6. The van der Waals surface area contributed by atoms with Gasteiger partial charge in [0.2, 0.25) is 0 Å². The first kappa shape index (κ1) is 20.6. The van der Waals surface area contributed by atoms with E-state index in [1.165, 1.54) is 24.1 Å². The molecule has 3 aromatic carbocycles. The number of anilines is 1. The number of allylic oxidation sites excluding steroid dienone is 3. The molecule has 3 aromatic rings. The first-order chi connectivity index (χ1) is 15.0. The standard InChI is InChI=1S/C24H20N2O4S/c1-2-5-16-14-24(30-23-7-4-3-6-20(16)23)21-15-18(27)10-13-22(21)25-31-19-11-8-17(9-12-19)26(28)29/h3-15,25,27H,2H2,1H3/b16-5-. The Bertz CT molecular complexity index is 1190. The van der Waals surface area contributed by atoms with Crippen LogP contribution in [0.15, 0.2) is 83.8 Å². The molecule has 6 nitrogen and oxygen atoms in total. The number of hydrogen-bond donors (Lipinski definition) is 2. The lowest BCUT2D eigenvalue weighted by Gasteiger charge is -2.22. The molecule has 7 heteroatoms. The van der Waals surface area contributed by atoms with Crippen LogP contribution in [0.25, 0.3) is 11.3 Å². The van der Waals surface area contributed by atoms with Gasteiger partial charge in [-0.05, 0) is 66.4 Å². The first-order valence-electron chi connectivity index (χ1n) is 9.75. The smallest absolute Gasteiger partial charge is 0.269 e. The summed E-state index contributed by atoms with van der Waals surface area (Å²) < 4.78 is 9.44. The van der Waals surface area contributed by atoms with Gasteiger partial charge in [0, 0.05) is 28.2 Å². The Kier molecular flexibility index (Phi) is 5.95. The van der Waals surface area contributed by atoms with Crippen LogP contribution in [-0.4, -0.2) is 10.0 Å². The summed E-state index contributed by atoms with van der Waals surface area (Å²) >= 11 is 1.32. The summed E-state index contributed by atoms with van der Waals surface area (Å²) in [6, 6.07) is 19.2. The highest BCUT2D eigenvalue weighted by molar-refractivity contribution is 8.00. The quantitative estimate of drug-likeness (QED) is 0.196. The number of para-hydroxylation sites is 1. The number of phenolic OH excluding ortho intramolecular Hbond substituents is 1. The van der Waals surface area contributed by atoms with Crippen LogP contribution in [0.2, 0.25) is 0 Å². The fraction of sp³-hybridized carbons (Fsp3) is 0.0833. The van der Waals surface area contributed by atoms with E-state index < -0.39 is 4.92 Å². The second-order valence-corrected chi connectivity index (χ2v) is 7.74. The lowest BCUT2D eigenvalue weighted by molar-refractivity contribution is -0.384. The summed E-state index contributed by atoms with van der Waals surface area (Å²) in [6.07, 6.45) is 5.00. The molecule has 0 saturated heterocycles. The van der Waals surface area contributed by atoms with Crippen molar-refractivity contribution in [2.24, 2.45) is 0 Å². The van der Waals surface area contributed by atoms with E-state index in [0.29, 0.717) is 11.3 Å². The summed E-state index contributed by atoms with van der Waals surface area (Å²) in [5.41, 5.74) is 3.61. The van der Waals surface area contributed by atoms with Gasteiger partial charge in [-0.2, -0.15) is 0 Å². The van der Waals surface area contributed by atoms with Gasteiger partial charge in [0.25, 0.3) is 5.69 Å². The van der Waals surface area contributed by atoms with Gasteiger partial charge in [0.05, 0.1) is 10.6 Å². The lowest BCUT2D eigenvalue weighted by Crippen LogP contribution is -2.05. The van der Waals surface area contributed by atoms with Crippen LogP contribution in [0.5, 0.6) is 11.5 Å². The van der Waals surface area contributed by atoms with Gasteiger partial charge in [-0.25, -0.2) is 0 Å². The molecule has 4 rings (SSSR count). The minimum Gasteiger partial charge on any atom is -0.508 e. The van der Waals surface area contributed by atoms with Crippen molar-refractivity contribution >= 4 is 34.7 Å². The zero-order valence-corrected chi connectivity index (χ0v) is 17.6. The Morgan fingerprint density at radius 1 is 1.10 bits per heavy atom. The molecule has 0 bridgehead atoms. The van der Waals surface area contributed by atoms with Gasteiger partial charge >= 0.3 is 0 Å². The second kappa shape index (κ2) is 8.97. The number of ether oxygens (including phenoxy) is 1. The van der Waals surface area contributed by atoms with Crippen LogP contribution in [0.3, 0.4) is 0 Å². The van der Waals surface area contributed by atoms with Crippen molar-refractivity contribution in [3.05, 3.63) is 100 Å². The van der Waals surface area contributed by atoms with Crippen LogP contribution in [-0.2, 0) is 0 Å². The number of nitro benzene ring substituents is 1. The molecule has 0 spiro atoms. The first-order valence-corrected chi connectivity index (χ1v) is 10.6. The molecule has 31 heavy (non-hydrogen) atoms. The second-order valence-electron chi connectivity index (χ2n) is 6.86. The molecule has 0 fully saturated rings. The Hall–Kier alpha value is -3.71. The van der Waals surface area contributed by atoms with E-state index in [4.69, 9.17) is 4.74 Å². The van der Waals surface area contributed by atoms with E-state index in [0.717, 1.165) is 33.9 Å². The zero-order valence-electron chi connectivity index (χ0n) is 16.7. The third-order valence-electron chi connectivity index (χ3n) is 4.72. The minimum atomic E-state index is -0.425. The Balaban J connectivity index is 1.64. The molecule has 156 valence electrons. The monoisotopic (exact) mass is 432 g/mol. The largest absolute Gasteiger partial charge is 0.508 e. The molecule has 0 saturated carbocycles. The average Bonchev–Trinajstić information content (AvgIpc) is 2.78. The van der Waals surface area contributed by atoms with Gasteiger partial charge in [-0.15, -0.1) is 0 Å². The number of rotatable bonds is 6. The maximum absolute atomic E-state index is 10.8. The highest BCUT2D eigenvalue weighted by Gasteiger charge is 2.20. The number of phenols is 1. The molecule has 0 unspecified atom stereocenters. The predicted molar refractivity (Wildman–Crippen MR) is 124 cm³/mol. The Morgan fingerprint density at radius 2 is 1.87 bits per heavy atom. The maximum Gasteiger partial charge on any atom is 0.269 e. The molecule has 0 aromatic heterocycles. The topological polar surface area (TPSA) is 84.6 Å². The fourth-order valence-electron chi connectivity index (χ4n) is 3.26. The highest BCUT2D eigenvalue weighted by Crippen LogP contribution is 2.40. The summed E-state index contributed by atoms with van der Waals surface area (Å²) in [7, 11) is 0. The SMILES string of the molecule is CC/C=C1/C=C(c2cc(O)ccc2NSc2ccc([N+](=O)[O-])cc2)Oc2ccccc21. The molecule has 2 N–H and O–H groups in total. The number of benzene rings is 3. The fourth-order valence-corrected chi connectivity index (χ4v) is 3.94. The molecule has 0 aliphatic carbocycles. The number of fused-ring (bicyclic) bond motifs is 1. The van der Waals surface area contributed by atoms with Crippen molar-refractivity contribution in [1.29, 1.82) is 0 Å². The van der Waals surface area contributed by atoms with Crippen LogP contribution >= 0.6 is 11.9 Å². The van der Waals surface area contributed by atoms with Crippen LogP contribution in [0.4, 0.5) is 11.4 Å². The molecule has 1 aliphatic heterocycles. The van der Waals surface area contributed by atoms with E-state index in [2.05, 4.69) is 17.7 Å². The average molecular weight is 433 g/mol. The van der Waals surface area contributed by atoms with E-state index in [1.807, 2.05) is 30.3 Å². The molecule has 0 amide bonds. The van der Waals surface area contributed by atoms with Crippen molar-refractivity contribution < 1.29 is 14.8 Å². The Labute approximate surface area is 184 Å². The summed E-state index contributed by atoms with van der Waals surface area (Å²) in [5.74, 6) is 1.52. The van der Waals surface area contributed by atoms with Crippen LogP contribution in [0.1, 0.15) is 24.5 Å². The van der Waals surface area contributed by atoms with Crippen molar-refractivity contribution in [2.45, 2.75) is 18.2 Å². The number of nitrogens with one attached hydrogen (secondary N) is 1. The Morgan fingerprint density at radius 3 is 2.61 bits per heavy atom. The van der Waals surface area contributed by atoms with Crippen molar-refractivity contribution in [1.82, 2.24) is 0 Å². The van der Waals surface area contributed by atoms with Gasteiger partial charge < -0.3 is 14.6 Å². The zero-order chi connectivity index (χ0) is 21.8. The lowest BCUT2D eigenvalue weighted by atomic mass is 9.98. The number of non-ortho nitro benzene ring substituents is 1. The van der Waals surface area contributed by atoms with Gasteiger partial charge in [-0.3, -0.25) is 10.1 Å². The van der Waals surface area contributed by atoms with E-state index in [-0.39, 0.29) is 11.4 Å². The molecular weight excluding hydrogens is 412 g/mol.